The van der Waals surface area contributed by atoms with Gasteiger partial charge < -0.3 is 5.32 Å². The Morgan fingerprint density at radius 3 is 2.55 bits per heavy atom. The van der Waals surface area contributed by atoms with Crippen molar-refractivity contribution < 1.29 is 4.39 Å². The number of halogens is 1. The van der Waals surface area contributed by atoms with Crippen molar-refractivity contribution in [3.63, 3.8) is 0 Å². The molecule has 0 aliphatic carbocycles. The smallest absolute Gasteiger partial charge is 0.101 e. The first-order chi connectivity index (χ1) is 5.31. The maximum atomic E-state index is 12.9. The second kappa shape index (κ2) is 7.99. The molecular formula is C9H20FN. The molecule has 68 valence electrons. The molecule has 0 rings (SSSR count). The van der Waals surface area contributed by atoms with E-state index in [2.05, 4.69) is 12.2 Å². The predicted molar refractivity (Wildman–Crippen MR) is 47.6 cm³/mol. The lowest BCUT2D eigenvalue weighted by molar-refractivity contribution is 0.287. The summed E-state index contributed by atoms with van der Waals surface area (Å²) in [4.78, 5) is 0. The van der Waals surface area contributed by atoms with E-state index in [4.69, 9.17) is 0 Å². The minimum absolute atomic E-state index is 0.589. The number of hydrogen-bond acceptors (Lipinski definition) is 1. The largest absolute Gasteiger partial charge is 0.317 e. The second-order valence-electron chi connectivity index (χ2n) is 2.88. The molecule has 1 unspecified atom stereocenters. The minimum atomic E-state index is -0.589. The summed E-state index contributed by atoms with van der Waals surface area (Å²) in [6, 6.07) is 0. The molecule has 0 aromatic heterocycles. The number of alkyl halides is 1. The van der Waals surface area contributed by atoms with Gasteiger partial charge in [0, 0.05) is 0 Å². The van der Waals surface area contributed by atoms with Gasteiger partial charge in [-0.25, -0.2) is 4.39 Å². The fourth-order valence-corrected chi connectivity index (χ4v) is 1.01. The van der Waals surface area contributed by atoms with Crippen LogP contribution >= 0.6 is 0 Å². The summed E-state index contributed by atoms with van der Waals surface area (Å²) in [5.74, 6) is 0. The van der Waals surface area contributed by atoms with Crippen molar-refractivity contribution in [2.24, 2.45) is 0 Å². The van der Waals surface area contributed by atoms with E-state index in [1.165, 1.54) is 0 Å². The molecule has 0 aliphatic rings. The molecule has 0 saturated carbocycles. The van der Waals surface area contributed by atoms with E-state index >= 15 is 0 Å². The summed E-state index contributed by atoms with van der Waals surface area (Å²) in [6.07, 6.45) is 2.94. The van der Waals surface area contributed by atoms with Gasteiger partial charge in [-0.05, 0) is 25.9 Å². The molecule has 0 fully saturated rings. The second-order valence-corrected chi connectivity index (χ2v) is 2.88. The Morgan fingerprint density at radius 2 is 2.00 bits per heavy atom. The molecule has 0 radical (unpaired) electrons. The number of hydrogen-bond donors (Lipinski definition) is 1. The van der Waals surface area contributed by atoms with E-state index in [1.807, 2.05) is 6.92 Å². The Kier molecular flexibility index (Phi) is 7.91. The predicted octanol–water partition coefficient (Wildman–Crippen LogP) is 2.51. The molecule has 0 spiro atoms. The molecule has 0 aromatic carbocycles. The van der Waals surface area contributed by atoms with Crippen molar-refractivity contribution in [1.29, 1.82) is 0 Å². The highest BCUT2D eigenvalue weighted by atomic mass is 19.1. The number of nitrogens with one attached hydrogen (secondary N) is 1. The third-order valence-corrected chi connectivity index (χ3v) is 1.76. The summed E-state index contributed by atoms with van der Waals surface area (Å²) in [7, 11) is 0. The molecule has 0 aliphatic heterocycles. The van der Waals surface area contributed by atoms with Crippen molar-refractivity contribution in [1.82, 2.24) is 5.32 Å². The first-order valence-electron chi connectivity index (χ1n) is 4.66. The van der Waals surface area contributed by atoms with Crippen LogP contribution in [0, 0.1) is 0 Å². The molecule has 2 heteroatoms. The summed E-state index contributed by atoms with van der Waals surface area (Å²) < 4.78 is 12.9. The standard InChI is InChI=1S/C9H20FN/c1-3-5-6-9(10)7-8-11-4-2/h9,11H,3-8H2,1-2H3. The van der Waals surface area contributed by atoms with Crippen LogP contribution in [0.3, 0.4) is 0 Å². The van der Waals surface area contributed by atoms with Crippen LogP contribution in [0.25, 0.3) is 0 Å². The maximum absolute atomic E-state index is 12.9. The van der Waals surface area contributed by atoms with E-state index in [1.54, 1.807) is 0 Å². The highest BCUT2D eigenvalue weighted by molar-refractivity contribution is 4.57. The van der Waals surface area contributed by atoms with Gasteiger partial charge in [-0.1, -0.05) is 26.7 Å². The lowest BCUT2D eigenvalue weighted by Crippen LogP contribution is -2.17. The lowest BCUT2D eigenvalue weighted by Gasteiger charge is -2.06. The van der Waals surface area contributed by atoms with Crippen LogP contribution < -0.4 is 5.32 Å². The summed E-state index contributed by atoms with van der Waals surface area (Å²) >= 11 is 0. The summed E-state index contributed by atoms with van der Waals surface area (Å²) in [5.41, 5.74) is 0. The zero-order valence-corrected chi connectivity index (χ0v) is 7.70. The van der Waals surface area contributed by atoms with E-state index in [0.29, 0.717) is 6.42 Å². The van der Waals surface area contributed by atoms with Gasteiger partial charge in [-0.2, -0.15) is 0 Å². The van der Waals surface area contributed by atoms with Gasteiger partial charge in [-0.3, -0.25) is 0 Å². The van der Waals surface area contributed by atoms with Crippen molar-refractivity contribution in [2.45, 2.75) is 45.7 Å². The zero-order chi connectivity index (χ0) is 8.53. The van der Waals surface area contributed by atoms with Crippen LogP contribution in [-0.2, 0) is 0 Å². The molecule has 1 nitrogen and oxygen atoms in total. The van der Waals surface area contributed by atoms with Gasteiger partial charge in [0.2, 0.25) is 0 Å². The third-order valence-electron chi connectivity index (χ3n) is 1.76. The quantitative estimate of drug-likeness (QED) is 0.566. The van der Waals surface area contributed by atoms with Crippen LogP contribution in [0.5, 0.6) is 0 Å². The van der Waals surface area contributed by atoms with Crippen LogP contribution in [0.15, 0.2) is 0 Å². The summed E-state index contributed by atoms with van der Waals surface area (Å²) in [5, 5.41) is 3.12. The monoisotopic (exact) mass is 161 g/mol. The highest BCUT2D eigenvalue weighted by Gasteiger charge is 2.03. The van der Waals surface area contributed by atoms with Gasteiger partial charge in [0.25, 0.3) is 0 Å². The Balaban J connectivity index is 3.02. The van der Waals surface area contributed by atoms with Crippen LogP contribution in [-0.4, -0.2) is 19.3 Å². The van der Waals surface area contributed by atoms with Gasteiger partial charge in [-0.15, -0.1) is 0 Å². The van der Waals surface area contributed by atoms with Crippen molar-refractivity contribution in [3.05, 3.63) is 0 Å². The van der Waals surface area contributed by atoms with Gasteiger partial charge >= 0.3 is 0 Å². The average Bonchev–Trinajstić information content (AvgIpc) is 2.01. The molecular weight excluding hydrogens is 141 g/mol. The number of rotatable bonds is 7. The van der Waals surface area contributed by atoms with Crippen molar-refractivity contribution in [3.8, 4) is 0 Å². The first-order valence-corrected chi connectivity index (χ1v) is 4.66. The molecule has 0 heterocycles. The molecule has 11 heavy (non-hydrogen) atoms. The normalized spacial score (nSPS) is 13.4. The van der Waals surface area contributed by atoms with Gasteiger partial charge in [0.05, 0.1) is 0 Å². The first kappa shape index (κ1) is 10.9. The van der Waals surface area contributed by atoms with E-state index in [-0.39, 0.29) is 0 Å². The molecule has 0 saturated heterocycles. The maximum Gasteiger partial charge on any atom is 0.101 e. The van der Waals surface area contributed by atoms with Gasteiger partial charge in [0.1, 0.15) is 6.17 Å². The van der Waals surface area contributed by atoms with Crippen molar-refractivity contribution >= 4 is 0 Å². The van der Waals surface area contributed by atoms with E-state index < -0.39 is 6.17 Å². The van der Waals surface area contributed by atoms with Crippen LogP contribution in [0.4, 0.5) is 4.39 Å². The SMILES string of the molecule is CCCCC(F)CCNCC. The topological polar surface area (TPSA) is 12.0 Å². The van der Waals surface area contributed by atoms with E-state index in [0.717, 1.165) is 32.4 Å². The number of unbranched alkanes of at least 4 members (excludes halogenated alkanes) is 1. The van der Waals surface area contributed by atoms with Gasteiger partial charge in [0.15, 0.2) is 0 Å². The Bertz CT molecular complexity index is 76.0. The average molecular weight is 161 g/mol. The Hall–Kier alpha value is -0.110. The minimum Gasteiger partial charge on any atom is -0.317 e. The summed E-state index contributed by atoms with van der Waals surface area (Å²) in [6.45, 7) is 5.90. The van der Waals surface area contributed by atoms with Crippen LogP contribution in [0.2, 0.25) is 0 Å². The van der Waals surface area contributed by atoms with Crippen LogP contribution in [0.1, 0.15) is 39.5 Å². The fourth-order valence-electron chi connectivity index (χ4n) is 1.01. The molecule has 1 atom stereocenters. The molecule has 0 bridgehead atoms. The highest BCUT2D eigenvalue weighted by Crippen LogP contribution is 2.07. The zero-order valence-electron chi connectivity index (χ0n) is 7.70. The molecule has 1 N–H and O–H groups in total. The van der Waals surface area contributed by atoms with E-state index in [9.17, 15) is 4.39 Å². The van der Waals surface area contributed by atoms with Crippen molar-refractivity contribution in [2.75, 3.05) is 13.1 Å². The lowest BCUT2D eigenvalue weighted by atomic mass is 10.1. The Labute approximate surface area is 69.4 Å². The fraction of sp³-hybridized carbons (Fsp3) is 1.00. The Morgan fingerprint density at radius 1 is 1.27 bits per heavy atom. The molecule has 0 amide bonds. The third kappa shape index (κ3) is 7.79. The molecule has 0 aromatic rings.